The Kier molecular flexibility index (Phi) is 6.55. The molecule has 0 aliphatic carbocycles. The number of aromatic nitrogens is 3. The molecule has 3 heterocycles. The van der Waals surface area contributed by atoms with Crippen molar-refractivity contribution >= 4 is 51.3 Å². The molecule has 0 fully saturated rings. The number of carbonyl (C=O) groups is 2. The zero-order chi connectivity index (χ0) is 20.1. The zero-order valence-corrected chi connectivity index (χ0v) is 17.5. The first-order valence-corrected chi connectivity index (χ1v) is 10.3. The van der Waals surface area contributed by atoms with Gasteiger partial charge in [-0.15, -0.1) is 22.7 Å². The number of thiazole rings is 1. The van der Waals surface area contributed by atoms with Gasteiger partial charge in [0.05, 0.1) is 22.3 Å². The van der Waals surface area contributed by atoms with Crippen LogP contribution in [0.25, 0.3) is 0 Å². The van der Waals surface area contributed by atoms with Crippen LogP contribution in [-0.4, -0.2) is 38.8 Å². The predicted octanol–water partition coefficient (Wildman–Crippen LogP) is 3.55. The molecule has 3 aromatic rings. The second-order valence-electron chi connectivity index (χ2n) is 5.86. The molecule has 0 spiro atoms. The largest absolute Gasteiger partial charge is 0.334 e. The molecule has 0 saturated carbocycles. The lowest BCUT2D eigenvalue weighted by molar-refractivity contribution is 0.0776. The van der Waals surface area contributed by atoms with Crippen molar-refractivity contribution in [2.45, 2.75) is 20.0 Å². The molecule has 146 valence electrons. The van der Waals surface area contributed by atoms with Crippen LogP contribution >= 0.6 is 34.3 Å². The molecular formula is C17H17ClN6O2S2. The summed E-state index contributed by atoms with van der Waals surface area (Å²) in [5.41, 5.74) is 2.49. The number of hydrogen-bond acceptors (Lipinski definition) is 7. The van der Waals surface area contributed by atoms with Crippen LogP contribution in [0, 0.1) is 6.92 Å². The molecule has 28 heavy (non-hydrogen) atoms. The van der Waals surface area contributed by atoms with Crippen molar-refractivity contribution in [3.05, 3.63) is 56.2 Å². The van der Waals surface area contributed by atoms with E-state index in [2.05, 4.69) is 25.6 Å². The fraction of sp³-hybridized carbons (Fsp3) is 0.235. The summed E-state index contributed by atoms with van der Waals surface area (Å²) in [5.74, 6) is -0.236. The monoisotopic (exact) mass is 436 g/mol. The first kappa shape index (κ1) is 20.2. The molecule has 0 unspecified atom stereocenters. The number of amides is 3. The van der Waals surface area contributed by atoms with Crippen molar-refractivity contribution in [3.63, 3.8) is 0 Å². The predicted molar refractivity (Wildman–Crippen MR) is 110 cm³/mol. The van der Waals surface area contributed by atoms with Crippen molar-refractivity contribution in [2.24, 2.45) is 0 Å². The molecule has 8 nitrogen and oxygen atoms in total. The number of thiophene rings is 1. The molecule has 3 rings (SSSR count). The summed E-state index contributed by atoms with van der Waals surface area (Å²) in [6, 6.07) is 1.45. The fourth-order valence-corrected chi connectivity index (χ4v) is 3.92. The second kappa shape index (κ2) is 9.09. The number of carbonyl (C=O) groups excluding carboxylic acids is 2. The Morgan fingerprint density at radius 1 is 1.21 bits per heavy atom. The van der Waals surface area contributed by atoms with E-state index in [1.54, 1.807) is 31.6 Å². The Bertz CT molecular complexity index is 989. The Morgan fingerprint density at radius 3 is 2.71 bits per heavy atom. The lowest BCUT2D eigenvalue weighted by Gasteiger charge is -2.15. The first-order chi connectivity index (χ1) is 13.4. The number of urea groups is 1. The smallest absolute Gasteiger partial charge is 0.321 e. The summed E-state index contributed by atoms with van der Waals surface area (Å²) in [5, 5.41) is 9.56. The maximum atomic E-state index is 12.5. The third-order valence-corrected chi connectivity index (χ3v) is 5.62. The van der Waals surface area contributed by atoms with Crippen LogP contribution in [0.1, 0.15) is 27.4 Å². The van der Waals surface area contributed by atoms with Crippen molar-refractivity contribution in [2.75, 3.05) is 12.4 Å². The van der Waals surface area contributed by atoms with Crippen molar-refractivity contribution in [3.8, 4) is 0 Å². The maximum Gasteiger partial charge on any atom is 0.321 e. The highest BCUT2D eigenvalue weighted by Gasteiger charge is 2.17. The molecule has 0 aliphatic rings. The Labute approximate surface area is 174 Å². The highest BCUT2D eigenvalue weighted by atomic mass is 35.5. The molecule has 3 amide bonds. The van der Waals surface area contributed by atoms with E-state index in [1.807, 2.05) is 5.38 Å². The average Bonchev–Trinajstić information content (AvgIpc) is 3.28. The zero-order valence-electron chi connectivity index (χ0n) is 15.1. The minimum absolute atomic E-state index is 0.236. The third kappa shape index (κ3) is 5.24. The highest BCUT2D eigenvalue weighted by Crippen LogP contribution is 2.20. The van der Waals surface area contributed by atoms with E-state index in [-0.39, 0.29) is 11.9 Å². The van der Waals surface area contributed by atoms with Gasteiger partial charge in [0.15, 0.2) is 5.13 Å². The topological polar surface area (TPSA) is 100 Å². The number of hydrogen-bond donors (Lipinski definition) is 2. The second-order valence-corrected chi connectivity index (χ2v) is 8.26. The molecule has 0 aromatic carbocycles. The van der Waals surface area contributed by atoms with Crippen LogP contribution in [0.3, 0.4) is 0 Å². The van der Waals surface area contributed by atoms with Crippen LogP contribution in [0.15, 0.2) is 29.2 Å². The van der Waals surface area contributed by atoms with E-state index in [1.165, 1.54) is 33.8 Å². The number of rotatable bonds is 6. The minimum Gasteiger partial charge on any atom is -0.334 e. The standard InChI is InChI=1S/C17H17ClN6O2S2/c1-10-14(20-4-3-19-10)15(25)24(2)7-12-9-28-17(22-12)23-16(26)21-6-11-5-13(18)27-8-11/h3-5,8-9H,6-7H2,1-2H3,(H2,21,22,23,26). The molecule has 0 atom stereocenters. The Balaban J connectivity index is 1.52. The van der Waals surface area contributed by atoms with E-state index in [9.17, 15) is 9.59 Å². The summed E-state index contributed by atoms with van der Waals surface area (Å²) in [7, 11) is 1.67. The van der Waals surface area contributed by atoms with Crippen molar-refractivity contribution < 1.29 is 9.59 Å². The quantitative estimate of drug-likeness (QED) is 0.615. The summed E-state index contributed by atoms with van der Waals surface area (Å²) >= 11 is 8.57. The molecule has 11 heteroatoms. The summed E-state index contributed by atoms with van der Waals surface area (Å²) in [6.45, 7) is 2.41. The van der Waals surface area contributed by atoms with Crippen LogP contribution in [0.2, 0.25) is 4.34 Å². The SMILES string of the molecule is Cc1nccnc1C(=O)N(C)Cc1csc(NC(=O)NCc2csc(Cl)c2)n1. The average molecular weight is 437 g/mol. The van der Waals surface area contributed by atoms with Gasteiger partial charge in [0.25, 0.3) is 5.91 Å². The Morgan fingerprint density at radius 2 is 2.00 bits per heavy atom. The normalized spacial score (nSPS) is 10.5. The number of nitrogens with zero attached hydrogens (tertiary/aromatic N) is 4. The highest BCUT2D eigenvalue weighted by molar-refractivity contribution is 7.14. The summed E-state index contributed by atoms with van der Waals surface area (Å²) in [4.78, 5) is 38.5. The van der Waals surface area contributed by atoms with E-state index in [0.29, 0.717) is 39.6 Å². The lowest BCUT2D eigenvalue weighted by Crippen LogP contribution is -2.29. The van der Waals surface area contributed by atoms with Gasteiger partial charge in [-0.25, -0.2) is 14.8 Å². The number of aryl methyl sites for hydroxylation is 1. The molecule has 0 saturated heterocycles. The number of halogens is 1. The van der Waals surface area contributed by atoms with Crippen LogP contribution in [0.5, 0.6) is 0 Å². The fourth-order valence-electron chi connectivity index (χ4n) is 2.31. The molecular weight excluding hydrogens is 420 g/mol. The molecule has 0 bridgehead atoms. The first-order valence-electron chi connectivity index (χ1n) is 8.17. The van der Waals surface area contributed by atoms with Gasteiger partial charge in [0.1, 0.15) is 5.69 Å². The summed E-state index contributed by atoms with van der Waals surface area (Å²) < 4.78 is 0.678. The van der Waals surface area contributed by atoms with Gasteiger partial charge in [-0.3, -0.25) is 15.1 Å². The number of nitrogens with one attached hydrogen (secondary N) is 2. The molecule has 0 aliphatic heterocycles. The van der Waals surface area contributed by atoms with Gasteiger partial charge in [-0.1, -0.05) is 11.6 Å². The van der Waals surface area contributed by atoms with Gasteiger partial charge in [0.2, 0.25) is 0 Å². The summed E-state index contributed by atoms with van der Waals surface area (Å²) in [6.07, 6.45) is 3.03. The van der Waals surface area contributed by atoms with Gasteiger partial charge < -0.3 is 10.2 Å². The van der Waals surface area contributed by atoms with Crippen LogP contribution in [-0.2, 0) is 13.1 Å². The third-order valence-electron chi connectivity index (χ3n) is 3.68. The van der Waals surface area contributed by atoms with E-state index < -0.39 is 0 Å². The van der Waals surface area contributed by atoms with E-state index in [0.717, 1.165) is 5.56 Å². The molecule has 3 aromatic heterocycles. The molecule has 2 N–H and O–H groups in total. The number of anilines is 1. The lowest BCUT2D eigenvalue weighted by atomic mass is 10.3. The minimum atomic E-state index is -0.358. The maximum absolute atomic E-state index is 12.5. The van der Waals surface area contributed by atoms with Crippen molar-refractivity contribution in [1.82, 2.24) is 25.2 Å². The Hall–Kier alpha value is -2.56. The van der Waals surface area contributed by atoms with E-state index >= 15 is 0 Å². The van der Waals surface area contributed by atoms with Crippen LogP contribution < -0.4 is 10.6 Å². The van der Waals surface area contributed by atoms with Gasteiger partial charge in [-0.05, 0) is 23.9 Å². The van der Waals surface area contributed by atoms with Crippen molar-refractivity contribution in [1.29, 1.82) is 0 Å². The van der Waals surface area contributed by atoms with Gasteiger partial charge in [0, 0.05) is 31.4 Å². The van der Waals surface area contributed by atoms with Gasteiger partial charge >= 0.3 is 6.03 Å². The van der Waals surface area contributed by atoms with Crippen LogP contribution in [0.4, 0.5) is 9.93 Å². The molecule has 0 radical (unpaired) electrons. The van der Waals surface area contributed by atoms with E-state index in [4.69, 9.17) is 11.6 Å². The van der Waals surface area contributed by atoms with Gasteiger partial charge in [-0.2, -0.15) is 0 Å².